The van der Waals surface area contributed by atoms with E-state index in [1.54, 1.807) is 25.3 Å². The molecule has 10 heteroatoms. The number of allylic oxidation sites excluding steroid dienone is 1. The molecule has 0 spiro atoms. The number of methoxy groups -OCH3 is 1. The monoisotopic (exact) mass is 459 g/mol. The molecule has 2 aromatic rings. The fourth-order valence-corrected chi connectivity index (χ4v) is 3.50. The zero-order valence-corrected chi connectivity index (χ0v) is 20.2. The first-order chi connectivity index (χ1) is 15.9. The zero-order chi connectivity index (χ0) is 24.5. The van der Waals surface area contributed by atoms with Crippen LogP contribution in [0.2, 0.25) is 0 Å². The summed E-state index contributed by atoms with van der Waals surface area (Å²) in [6, 6.07) is -0.633. The largest absolute Gasteiger partial charge is 0.480 e. The summed E-state index contributed by atoms with van der Waals surface area (Å²) in [7, 11) is 3.20. The van der Waals surface area contributed by atoms with Gasteiger partial charge in [0, 0.05) is 25.5 Å². The van der Waals surface area contributed by atoms with E-state index in [1.165, 1.54) is 0 Å². The molecule has 1 saturated heterocycles. The number of carbonyl (C=O) groups is 1. The SMILES string of the molecule is C=CC(=O)NC1CN(c2cn3c(C)cnc3c(N/C(=C/CC)C(=NC)OC)n2)CC1F.CC. The summed E-state index contributed by atoms with van der Waals surface area (Å²) in [5.74, 6) is 1.11. The molecule has 9 nitrogen and oxygen atoms in total. The lowest BCUT2D eigenvalue weighted by Gasteiger charge is -2.20. The molecule has 0 radical (unpaired) electrons. The standard InChI is InChI=1S/C21H28FN7O2.C2H6/c1-6-8-15(21(23-4)31-5)26-19-20-24-9-13(3)29(20)12-17(27-19)28-10-14(22)16(11-28)25-18(30)7-2;1-2/h7-9,12,14,16H,2,6,10-11H2,1,3-5H3,(H,25,30)(H,26,27);1-2H3/b15-8+,23-21?;. The van der Waals surface area contributed by atoms with Crippen molar-refractivity contribution in [1.29, 1.82) is 0 Å². The highest BCUT2D eigenvalue weighted by atomic mass is 19.1. The first kappa shape index (κ1) is 25.8. The van der Waals surface area contributed by atoms with Crippen LogP contribution < -0.4 is 15.5 Å². The number of alkyl halides is 1. The van der Waals surface area contributed by atoms with Gasteiger partial charge in [-0.05, 0) is 19.4 Å². The van der Waals surface area contributed by atoms with Crippen LogP contribution in [0.15, 0.2) is 41.8 Å². The maximum absolute atomic E-state index is 14.6. The molecule has 0 bridgehead atoms. The number of fused-ring (bicyclic) bond motifs is 1. The Labute approximate surface area is 194 Å². The average molecular weight is 460 g/mol. The number of carbonyl (C=O) groups excluding carboxylic acids is 1. The lowest BCUT2D eigenvalue weighted by Crippen LogP contribution is -2.40. The quantitative estimate of drug-likeness (QED) is 0.375. The zero-order valence-electron chi connectivity index (χ0n) is 20.2. The van der Waals surface area contributed by atoms with Gasteiger partial charge >= 0.3 is 0 Å². The number of aryl methyl sites for hydroxylation is 1. The number of halogens is 1. The number of aromatic nitrogens is 3. The molecule has 2 aromatic heterocycles. The summed E-state index contributed by atoms with van der Waals surface area (Å²) in [5.41, 5.74) is 2.20. The molecule has 1 aliphatic heterocycles. The number of aliphatic imine (C=N–C) groups is 1. The fraction of sp³-hybridized carbons (Fsp3) is 0.478. The second-order valence-corrected chi connectivity index (χ2v) is 7.17. The second-order valence-electron chi connectivity index (χ2n) is 7.17. The summed E-state index contributed by atoms with van der Waals surface area (Å²) in [4.78, 5) is 26.8. The Morgan fingerprint density at radius 2 is 2.15 bits per heavy atom. The minimum absolute atomic E-state index is 0.116. The van der Waals surface area contributed by atoms with Crippen LogP contribution >= 0.6 is 0 Å². The van der Waals surface area contributed by atoms with Gasteiger partial charge in [-0.25, -0.2) is 14.4 Å². The predicted octanol–water partition coefficient (Wildman–Crippen LogP) is 3.27. The Hall–Kier alpha value is -3.43. The third kappa shape index (κ3) is 5.88. The fourth-order valence-electron chi connectivity index (χ4n) is 3.50. The number of hydrogen-bond acceptors (Lipinski definition) is 7. The van der Waals surface area contributed by atoms with Crippen molar-refractivity contribution in [2.24, 2.45) is 4.99 Å². The normalized spacial score (nSPS) is 18.6. The average Bonchev–Trinajstić information content (AvgIpc) is 3.38. The van der Waals surface area contributed by atoms with E-state index in [4.69, 9.17) is 9.72 Å². The van der Waals surface area contributed by atoms with Gasteiger partial charge in [-0.1, -0.05) is 33.4 Å². The maximum atomic E-state index is 14.6. The van der Waals surface area contributed by atoms with Gasteiger partial charge in [-0.3, -0.25) is 14.2 Å². The van der Waals surface area contributed by atoms with E-state index in [9.17, 15) is 9.18 Å². The third-order valence-corrected chi connectivity index (χ3v) is 5.04. The van der Waals surface area contributed by atoms with Gasteiger partial charge in [0.1, 0.15) is 12.0 Å². The minimum Gasteiger partial charge on any atom is -0.480 e. The van der Waals surface area contributed by atoms with E-state index in [1.807, 2.05) is 44.4 Å². The topological polar surface area (TPSA) is 96.2 Å². The van der Waals surface area contributed by atoms with Crippen LogP contribution in [0.4, 0.5) is 16.0 Å². The van der Waals surface area contributed by atoms with Gasteiger partial charge in [-0.15, -0.1) is 0 Å². The summed E-state index contributed by atoms with van der Waals surface area (Å²) >= 11 is 0. The number of hydrogen-bond donors (Lipinski definition) is 2. The predicted molar refractivity (Wildman–Crippen MR) is 131 cm³/mol. The molecule has 1 aliphatic rings. The van der Waals surface area contributed by atoms with E-state index in [0.717, 1.165) is 18.2 Å². The number of amides is 1. The van der Waals surface area contributed by atoms with Gasteiger partial charge in [0.2, 0.25) is 11.8 Å². The lowest BCUT2D eigenvalue weighted by atomic mass is 10.2. The molecule has 180 valence electrons. The third-order valence-electron chi connectivity index (χ3n) is 5.04. The molecular weight excluding hydrogens is 425 g/mol. The lowest BCUT2D eigenvalue weighted by molar-refractivity contribution is -0.117. The van der Waals surface area contributed by atoms with Crippen molar-refractivity contribution in [3.8, 4) is 0 Å². The second kappa shape index (κ2) is 12.0. The maximum Gasteiger partial charge on any atom is 0.243 e. The van der Waals surface area contributed by atoms with E-state index in [2.05, 4.69) is 27.2 Å². The summed E-state index contributed by atoms with van der Waals surface area (Å²) in [6.07, 6.45) is 6.19. The molecule has 0 aromatic carbocycles. The number of nitrogens with zero attached hydrogens (tertiary/aromatic N) is 5. The van der Waals surface area contributed by atoms with Crippen LogP contribution in [0.5, 0.6) is 0 Å². The first-order valence-corrected chi connectivity index (χ1v) is 11.1. The number of anilines is 2. The molecule has 2 N–H and O–H groups in total. The van der Waals surface area contributed by atoms with Crippen molar-refractivity contribution >= 4 is 29.1 Å². The van der Waals surface area contributed by atoms with Gasteiger partial charge in [0.15, 0.2) is 11.5 Å². The van der Waals surface area contributed by atoms with Gasteiger partial charge < -0.3 is 20.3 Å². The first-order valence-electron chi connectivity index (χ1n) is 11.1. The van der Waals surface area contributed by atoms with Crippen LogP contribution in [0, 0.1) is 6.92 Å². The highest BCUT2D eigenvalue weighted by molar-refractivity contribution is 5.97. The Morgan fingerprint density at radius 3 is 2.76 bits per heavy atom. The van der Waals surface area contributed by atoms with Crippen molar-refractivity contribution in [2.45, 2.75) is 46.3 Å². The molecule has 0 aliphatic carbocycles. The molecule has 1 amide bonds. The highest BCUT2D eigenvalue weighted by Crippen LogP contribution is 2.26. The highest BCUT2D eigenvalue weighted by Gasteiger charge is 2.35. The summed E-state index contributed by atoms with van der Waals surface area (Å²) in [6.45, 7) is 11.8. The van der Waals surface area contributed by atoms with Crippen molar-refractivity contribution in [2.75, 3.05) is 37.5 Å². The van der Waals surface area contributed by atoms with Crippen LogP contribution in [0.3, 0.4) is 0 Å². The molecule has 3 rings (SSSR count). The van der Waals surface area contributed by atoms with E-state index in [0.29, 0.717) is 35.4 Å². The number of rotatable bonds is 7. The van der Waals surface area contributed by atoms with Crippen molar-refractivity contribution in [1.82, 2.24) is 19.7 Å². The van der Waals surface area contributed by atoms with E-state index in [-0.39, 0.29) is 6.54 Å². The van der Waals surface area contributed by atoms with Crippen LogP contribution in [0.25, 0.3) is 5.65 Å². The van der Waals surface area contributed by atoms with Gasteiger partial charge in [0.05, 0.1) is 31.6 Å². The molecule has 2 atom stereocenters. The molecule has 33 heavy (non-hydrogen) atoms. The minimum atomic E-state index is -1.22. The molecule has 0 saturated carbocycles. The molecule has 1 fully saturated rings. The summed E-state index contributed by atoms with van der Waals surface area (Å²) < 4.78 is 21.8. The van der Waals surface area contributed by atoms with Crippen LogP contribution in [-0.2, 0) is 9.53 Å². The Kier molecular flexibility index (Phi) is 9.38. The summed E-state index contributed by atoms with van der Waals surface area (Å²) in [5, 5.41) is 5.91. The number of nitrogens with one attached hydrogen (secondary N) is 2. The Balaban J connectivity index is 0.00000187. The number of ether oxygens (including phenoxy) is 1. The number of imidazole rings is 1. The van der Waals surface area contributed by atoms with Crippen LogP contribution in [-0.4, -0.2) is 65.6 Å². The Morgan fingerprint density at radius 1 is 1.42 bits per heavy atom. The smallest absolute Gasteiger partial charge is 0.243 e. The molecular formula is C23H34FN7O2. The Bertz CT molecular complexity index is 1030. The van der Waals surface area contributed by atoms with E-state index < -0.39 is 18.1 Å². The molecule has 2 unspecified atom stereocenters. The van der Waals surface area contributed by atoms with Gasteiger partial charge in [0.25, 0.3) is 0 Å². The van der Waals surface area contributed by atoms with Gasteiger partial charge in [-0.2, -0.15) is 0 Å². The van der Waals surface area contributed by atoms with Crippen molar-refractivity contribution < 1.29 is 13.9 Å². The van der Waals surface area contributed by atoms with E-state index >= 15 is 0 Å². The van der Waals surface area contributed by atoms with Crippen LogP contribution in [0.1, 0.15) is 32.9 Å². The van der Waals surface area contributed by atoms with Crippen molar-refractivity contribution in [3.05, 3.63) is 42.5 Å². The molecule has 3 heterocycles. The van der Waals surface area contributed by atoms with Crippen molar-refractivity contribution in [3.63, 3.8) is 0 Å².